The number of carbonyl (C=O) groups excluding carboxylic acids is 1. The maximum atomic E-state index is 12.8. The van der Waals surface area contributed by atoms with Gasteiger partial charge >= 0.3 is 0 Å². The largest absolute Gasteiger partial charge is 0.496 e. The number of nitrogens with one attached hydrogen (secondary N) is 1. The Morgan fingerprint density at radius 1 is 1.43 bits per heavy atom. The molecular formula is C18H27NO2. The van der Waals surface area contributed by atoms with Crippen LogP contribution in [-0.2, 0) is 11.2 Å². The second-order valence-corrected chi connectivity index (χ2v) is 6.68. The van der Waals surface area contributed by atoms with E-state index in [0.717, 1.165) is 42.8 Å². The van der Waals surface area contributed by atoms with Crippen LogP contribution in [0, 0.1) is 18.3 Å². The van der Waals surface area contributed by atoms with Gasteiger partial charge in [0.1, 0.15) is 11.5 Å². The lowest BCUT2D eigenvalue weighted by molar-refractivity contribution is -0.129. The average molecular weight is 289 g/mol. The maximum Gasteiger partial charge on any atom is 0.143 e. The monoisotopic (exact) mass is 289 g/mol. The fraction of sp³-hybridized carbons (Fsp3) is 0.611. The molecular weight excluding hydrogens is 262 g/mol. The lowest BCUT2D eigenvalue weighted by Crippen LogP contribution is -2.43. The van der Waals surface area contributed by atoms with Crippen LogP contribution in [0.15, 0.2) is 18.2 Å². The predicted octanol–water partition coefficient (Wildman–Crippen LogP) is 3.14. The zero-order chi connectivity index (χ0) is 15.5. The Bertz CT molecular complexity index is 502. The van der Waals surface area contributed by atoms with Crippen LogP contribution in [0.5, 0.6) is 5.75 Å². The minimum Gasteiger partial charge on any atom is -0.496 e. The second-order valence-electron chi connectivity index (χ2n) is 6.68. The molecule has 0 bridgehead atoms. The lowest BCUT2D eigenvalue weighted by Gasteiger charge is -2.36. The summed E-state index contributed by atoms with van der Waals surface area (Å²) < 4.78 is 5.39. The van der Waals surface area contributed by atoms with Crippen molar-refractivity contribution in [2.45, 2.75) is 40.0 Å². The van der Waals surface area contributed by atoms with Crippen LogP contribution in [0.4, 0.5) is 0 Å². The summed E-state index contributed by atoms with van der Waals surface area (Å²) in [5, 5.41) is 3.41. The van der Waals surface area contributed by atoms with Crippen molar-refractivity contribution in [3.8, 4) is 5.75 Å². The standard InChI is InChI=1S/C18H27NO2/c1-13-7-8-16(21-4)14(10-13)11-17(20)18(2,3)15-6-5-9-19-12-15/h7-8,10,15,19H,5-6,9,11-12H2,1-4H3. The minimum atomic E-state index is -0.290. The molecule has 1 aromatic rings. The van der Waals surface area contributed by atoms with Crippen molar-refractivity contribution in [2.75, 3.05) is 20.2 Å². The Morgan fingerprint density at radius 3 is 2.81 bits per heavy atom. The van der Waals surface area contributed by atoms with Gasteiger partial charge in [-0.25, -0.2) is 0 Å². The number of Topliss-reactive ketones (excluding diaryl/α,β-unsaturated/α-hetero) is 1. The molecule has 0 aliphatic carbocycles. The second kappa shape index (κ2) is 6.61. The van der Waals surface area contributed by atoms with Crippen LogP contribution in [-0.4, -0.2) is 26.0 Å². The minimum absolute atomic E-state index is 0.290. The molecule has 1 unspecified atom stereocenters. The molecule has 2 rings (SSSR count). The van der Waals surface area contributed by atoms with Gasteiger partial charge in [-0.1, -0.05) is 31.5 Å². The van der Waals surface area contributed by atoms with Gasteiger partial charge in [0.2, 0.25) is 0 Å². The van der Waals surface area contributed by atoms with Gasteiger partial charge in [0.05, 0.1) is 7.11 Å². The number of rotatable bonds is 5. The van der Waals surface area contributed by atoms with Crippen molar-refractivity contribution in [3.63, 3.8) is 0 Å². The van der Waals surface area contributed by atoms with Crippen molar-refractivity contribution in [3.05, 3.63) is 29.3 Å². The Morgan fingerprint density at radius 2 is 2.19 bits per heavy atom. The highest BCUT2D eigenvalue weighted by molar-refractivity contribution is 5.87. The summed E-state index contributed by atoms with van der Waals surface area (Å²) >= 11 is 0. The highest BCUT2D eigenvalue weighted by atomic mass is 16.5. The highest BCUT2D eigenvalue weighted by Gasteiger charge is 2.37. The normalized spacial score (nSPS) is 19.3. The van der Waals surface area contributed by atoms with Gasteiger partial charge in [-0.15, -0.1) is 0 Å². The third-order valence-corrected chi connectivity index (χ3v) is 4.82. The summed E-state index contributed by atoms with van der Waals surface area (Å²) in [7, 11) is 1.66. The number of ether oxygens (including phenoxy) is 1. The number of methoxy groups -OCH3 is 1. The van der Waals surface area contributed by atoms with Crippen LogP contribution < -0.4 is 10.1 Å². The number of piperidine rings is 1. The van der Waals surface area contributed by atoms with Crippen LogP contribution >= 0.6 is 0 Å². The third-order valence-electron chi connectivity index (χ3n) is 4.82. The molecule has 21 heavy (non-hydrogen) atoms. The maximum absolute atomic E-state index is 12.8. The van der Waals surface area contributed by atoms with Gasteiger partial charge < -0.3 is 10.1 Å². The lowest BCUT2D eigenvalue weighted by atomic mass is 9.71. The first-order chi connectivity index (χ1) is 9.95. The molecule has 116 valence electrons. The van der Waals surface area contributed by atoms with Gasteiger partial charge in [0.15, 0.2) is 0 Å². The van der Waals surface area contributed by atoms with E-state index in [1.54, 1.807) is 7.11 Å². The molecule has 0 spiro atoms. The van der Waals surface area contributed by atoms with Crippen LogP contribution in [0.3, 0.4) is 0 Å². The molecule has 3 nitrogen and oxygen atoms in total. The van der Waals surface area contributed by atoms with Crippen molar-refractivity contribution >= 4 is 5.78 Å². The molecule has 0 amide bonds. The first kappa shape index (κ1) is 16.0. The molecule has 3 heteroatoms. The van der Waals surface area contributed by atoms with Gasteiger partial charge in [0, 0.05) is 17.4 Å². The van der Waals surface area contributed by atoms with Crippen molar-refractivity contribution in [1.82, 2.24) is 5.32 Å². The van der Waals surface area contributed by atoms with Crippen molar-refractivity contribution in [2.24, 2.45) is 11.3 Å². The fourth-order valence-corrected chi connectivity index (χ4v) is 3.14. The van der Waals surface area contributed by atoms with E-state index in [2.05, 4.69) is 25.2 Å². The van der Waals surface area contributed by atoms with Crippen LogP contribution in [0.25, 0.3) is 0 Å². The number of ketones is 1. The summed E-state index contributed by atoms with van der Waals surface area (Å²) in [5.74, 6) is 1.54. The topological polar surface area (TPSA) is 38.3 Å². The third kappa shape index (κ3) is 3.65. The molecule has 1 atom stereocenters. The van der Waals surface area contributed by atoms with Gasteiger partial charge in [0.25, 0.3) is 0 Å². The summed E-state index contributed by atoms with van der Waals surface area (Å²) in [4.78, 5) is 12.8. The number of hydrogen-bond acceptors (Lipinski definition) is 3. The van der Waals surface area contributed by atoms with Gasteiger partial charge in [-0.3, -0.25) is 4.79 Å². The quantitative estimate of drug-likeness (QED) is 0.905. The van der Waals surface area contributed by atoms with E-state index in [1.165, 1.54) is 0 Å². The van der Waals surface area contributed by atoms with E-state index < -0.39 is 0 Å². The van der Waals surface area contributed by atoms with Crippen molar-refractivity contribution in [1.29, 1.82) is 0 Å². The number of aryl methyl sites for hydroxylation is 1. The molecule has 1 aliphatic rings. The molecule has 1 saturated heterocycles. The van der Waals surface area contributed by atoms with E-state index >= 15 is 0 Å². The van der Waals surface area contributed by atoms with E-state index in [0.29, 0.717) is 18.1 Å². The number of hydrogen-bond donors (Lipinski definition) is 1. The van der Waals surface area contributed by atoms with Gasteiger partial charge in [-0.2, -0.15) is 0 Å². The summed E-state index contributed by atoms with van der Waals surface area (Å²) in [6, 6.07) is 6.03. The van der Waals surface area contributed by atoms with Crippen LogP contribution in [0.2, 0.25) is 0 Å². The first-order valence-corrected chi connectivity index (χ1v) is 7.82. The van der Waals surface area contributed by atoms with E-state index in [9.17, 15) is 4.79 Å². The van der Waals surface area contributed by atoms with E-state index in [-0.39, 0.29) is 5.41 Å². The van der Waals surface area contributed by atoms with Crippen LogP contribution in [0.1, 0.15) is 37.8 Å². The Kier molecular flexibility index (Phi) is 5.04. The zero-order valence-corrected chi connectivity index (χ0v) is 13.7. The molecule has 1 heterocycles. The Balaban J connectivity index is 2.14. The molecule has 0 radical (unpaired) electrons. The molecule has 1 fully saturated rings. The average Bonchev–Trinajstić information content (AvgIpc) is 2.48. The fourth-order valence-electron chi connectivity index (χ4n) is 3.14. The number of benzene rings is 1. The Hall–Kier alpha value is -1.35. The summed E-state index contributed by atoms with van der Waals surface area (Å²) in [6.07, 6.45) is 2.75. The molecule has 1 aliphatic heterocycles. The predicted molar refractivity (Wildman–Crippen MR) is 85.8 cm³/mol. The van der Waals surface area contributed by atoms with E-state index in [4.69, 9.17) is 4.74 Å². The summed E-state index contributed by atoms with van der Waals surface area (Å²) in [5.41, 5.74) is 1.87. The number of carbonyl (C=O) groups is 1. The summed E-state index contributed by atoms with van der Waals surface area (Å²) in [6.45, 7) is 8.25. The van der Waals surface area contributed by atoms with Gasteiger partial charge in [-0.05, 0) is 44.8 Å². The first-order valence-electron chi connectivity index (χ1n) is 7.82. The molecule has 0 aromatic heterocycles. The Labute approximate surface area is 128 Å². The van der Waals surface area contributed by atoms with E-state index in [1.807, 2.05) is 19.1 Å². The molecule has 1 aromatic carbocycles. The molecule has 0 saturated carbocycles. The smallest absolute Gasteiger partial charge is 0.143 e. The SMILES string of the molecule is COc1ccc(C)cc1CC(=O)C(C)(C)C1CCCNC1. The molecule has 1 N–H and O–H groups in total. The highest BCUT2D eigenvalue weighted by Crippen LogP contribution is 2.34. The zero-order valence-electron chi connectivity index (χ0n) is 13.7. The van der Waals surface area contributed by atoms with Crippen molar-refractivity contribution < 1.29 is 9.53 Å².